The predicted octanol–water partition coefficient (Wildman–Crippen LogP) is 3.62. The van der Waals surface area contributed by atoms with Crippen LogP contribution >= 0.6 is 0 Å². The number of alkyl halides is 3. The number of carboxylic acids is 1. The van der Waals surface area contributed by atoms with Crippen LogP contribution in [0.15, 0.2) is 76.6 Å². The number of nitrogens with one attached hydrogen (secondary N) is 2. The highest BCUT2D eigenvalue weighted by Gasteiger charge is 2.44. The molecule has 7 N–H and O–H groups in total. The van der Waals surface area contributed by atoms with Crippen LogP contribution in [0.2, 0.25) is 0 Å². The number of carbonyl (C=O) groups is 1. The Morgan fingerprint density at radius 2 is 1.95 bits per heavy atom. The van der Waals surface area contributed by atoms with E-state index in [1.807, 2.05) is 6.92 Å². The molecule has 2 aliphatic rings. The summed E-state index contributed by atoms with van der Waals surface area (Å²) in [4.78, 5) is 12.0. The SMILES string of the molecule is CC[C@@H]1CN(Cc2cccc(N/C(=C(\C=N)C(=O)O)[C@@H]3CC3/C(N)=C/N(N)CC(F)(F)F)c2)S(=O)(=O)c2ccccc2O1. The number of nitrogens with zero attached hydrogens (tertiary/aromatic N) is 2. The van der Waals surface area contributed by atoms with Crippen molar-refractivity contribution in [2.45, 2.75) is 43.5 Å². The third-order valence-corrected chi connectivity index (χ3v) is 8.97. The molecule has 1 fully saturated rings. The number of benzene rings is 2. The number of para-hydroxylation sites is 1. The van der Waals surface area contributed by atoms with E-state index in [-0.39, 0.29) is 41.1 Å². The molecule has 0 aromatic heterocycles. The Balaban J connectivity index is 1.58. The number of nitrogens with two attached hydrogens (primary N) is 2. The number of sulfonamides is 1. The molecule has 0 amide bonds. The molecule has 232 valence electrons. The van der Waals surface area contributed by atoms with Crippen molar-refractivity contribution in [3.8, 4) is 5.75 Å². The smallest absolute Gasteiger partial charge is 0.407 e. The fourth-order valence-electron chi connectivity index (χ4n) is 4.95. The zero-order valence-electron chi connectivity index (χ0n) is 23.2. The molecule has 0 radical (unpaired) electrons. The molecule has 0 bridgehead atoms. The summed E-state index contributed by atoms with van der Waals surface area (Å²) < 4.78 is 72.4. The lowest BCUT2D eigenvalue weighted by atomic mass is 10.1. The van der Waals surface area contributed by atoms with Crippen molar-refractivity contribution in [2.75, 3.05) is 18.4 Å². The summed E-state index contributed by atoms with van der Waals surface area (Å²) in [7, 11) is -3.90. The molecular weight excluding hydrogens is 589 g/mol. The molecule has 1 aliphatic carbocycles. The van der Waals surface area contributed by atoms with Crippen LogP contribution in [0.25, 0.3) is 0 Å². The maximum atomic E-state index is 13.5. The Kier molecular flexibility index (Phi) is 9.37. The van der Waals surface area contributed by atoms with Crippen LogP contribution in [-0.2, 0) is 21.4 Å². The Hall–Kier alpha value is -4.08. The quantitative estimate of drug-likeness (QED) is 0.108. The van der Waals surface area contributed by atoms with E-state index in [1.165, 1.54) is 10.4 Å². The van der Waals surface area contributed by atoms with Crippen molar-refractivity contribution in [3.63, 3.8) is 0 Å². The summed E-state index contributed by atoms with van der Waals surface area (Å²) in [5, 5.41) is 20.9. The maximum Gasteiger partial charge on any atom is 0.407 e. The Labute approximate surface area is 247 Å². The van der Waals surface area contributed by atoms with Gasteiger partial charge in [-0.2, -0.15) is 17.5 Å². The van der Waals surface area contributed by atoms with Crippen LogP contribution in [0.5, 0.6) is 5.75 Å². The Morgan fingerprint density at radius 1 is 1.23 bits per heavy atom. The lowest BCUT2D eigenvalue weighted by Gasteiger charge is -2.23. The van der Waals surface area contributed by atoms with Crippen molar-refractivity contribution in [1.82, 2.24) is 9.31 Å². The minimum Gasteiger partial charge on any atom is -0.488 e. The highest BCUT2D eigenvalue weighted by atomic mass is 32.2. The summed E-state index contributed by atoms with van der Waals surface area (Å²) in [6.07, 6.45) is -2.37. The van der Waals surface area contributed by atoms with Gasteiger partial charge in [-0.05, 0) is 42.7 Å². The van der Waals surface area contributed by atoms with Crippen LogP contribution in [-0.4, -0.2) is 60.4 Å². The molecule has 0 saturated heterocycles. The second-order valence-corrected chi connectivity index (χ2v) is 12.3. The normalized spacial score (nSPS) is 22.3. The first-order valence-electron chi connectivity index (χ1n) is 13.4. The van der Waals surface area contributed by atoms with E-state index >= 15 is 0 Å². The molecule has 4 rings (SSSR count). The fraction of sp³-hybridized carbons (Fsp3) is 0.357. The zero-order chi connectivity index (χ0) is 31.5. The molecule has 15 heteroatoms. The predicted molar refractivity (Wildman–Crippen MR) is 153 cm³/mol. The third kappa shape index (κ3) is 7.66. The van der Waals surface area contributed by atoms with Crippen molar-refractivity contribution < 1.29 is 36.2 Å². The van der Waals surface area contributed by atoms with Crippen LogP contribution in [0.4, 0.5) is 18.9 Å². The maximum absolute atomic E-state index is 13.5. The van der Waals surface area contributed by atoms with Gasteiger partial charge in [0.1, 0.15) is 23.3 Å². The molecule has 11 nitrogen and oxygen atoms in total. The molecule has 3 atom stereocenters. The number of fused-ring (bicyclic) bond motifs is 1. The molecular formula is C28H33F3N6O5S. The number of aliphatic carboxylic acids is 1. The van der Waals surface area contributed by atoms with Crippen molar-refractivity contribution in [1.29, 1.82) is 5.41 Å². The van der Waals surface area contributed by atoms with Crippen molar-refractivity contribution in [3.05, 3.63) is 77.3 Å². The van der Waals surface area contributed by atoms with Crippen molar-refractivity contribution >= 4 is 27.9 Å². The van der Waals surface area contributed by atoms with E-state index in [4.69, 9.17) is 21.7 Å². The number of halogens is 3. The number of carboxylic acid groups (broad SMARTS) is 1. The summed E-state index contributed by atoms with van der Waals surface area (Å²) in [6.45, 7) is 0.618. The average molecular weight is 623 g/mol. The van der Waals surface area contributed by atoms with E-state index < -0.39 is 40.5 Å². The third-order valence-electron chi connectivity index (χ3n) is 7.12. The molecule has 1 aliphatic heterocycles. The molecule has 2 aromatic rings. The van der Waals surface area contributed by atoms with Gasteiger partial charge in [-0.15, -0.1) is 0 Å². The standard InChI is InChI=1S/C28H33F3N6O5S/c1-2-19-14-37(43(40,41)25-9-4-3-8-24(25)42-19)13-17-6-5-7-18(10-17)35-26(22(12-32)27(38)39)21-11-20(21)23(33)15-36(34)16-28(29,30)31/h3-10,12,15,19-21,32,35H,2,11,13-14,16,33-34H2,1H3,(H,38,39)/b23-15-,26-22+,32-12?/t19-,20?,21-/m1/s1. The monoisotopic (exact) mass is 622 g/mol. The molecule has 43 heavy (non-hydrogen) atoms. The first-order chi connectivity index (χ1) is 20.2. The summed E-state index contributed by atoms with van der Waals surface area (Å²) in [5.41, 5.74) is 6.88. The van der Waals surface area contributed by atoms with E-state index in [1.54, 1.807) is 42.5 Å². The van der Waals surface area contributed by atoms with E-state index in [0.29, 0.717) is 41.1 Å². The Morgan fingerprint density at radius 3 is 2.60 bits per heavy atom. The highest BCUT2D eigenvalue weighted by molar-refractivity contribution is 7.89. The minimum atomic E-state index is -4.54. The second kappa shape index (κ2) is 12.7. The number of anilines is 1. The molecule has 1 unspecified atom stereocenters. The molecule has 0 spiro atoms. The number of rotatable bonds is 11. The summed E-state index contributed by atoms with van der Waals surface area (Å²) in [5.74, 6) is 3.29. The van der Waals surface area contributed by atoms with Gasteiger partial charge < -0.3 is 31.3 Å². The van der Waals surface area contributed by atoms with E-state index in [9.17, 15) is 31.5 Å². The number of ether oxygens (including phenoxy) is 1. The number of allylic oxidation sites excluding steroid dienone is 2. The Bertz CT molecular complexity index is 1550. The van der Waals surface area contributed by atoms with Gasteiger partial charge >= 0.3 is 12.1 Å². The topological polar surface area (TPSA) is 175 Å². The number of hydrogen-bond donors (Lipinski definition) is 5. The summed E-state index contributed by atoms with van der Waals surface area (Å²) >= 11 is 0. The molecule has 2 aromatic carbocycles. The van der Waals surface area contributed by atoms with Crippen LogP contribution in [0.3, 0.4) is 0 Å². The van der Waals surface area contributed by atoms with Crippen LogP contribution in [0.1, 0.15) is 25.3 Å². The molecule has 1 saturated carbocycles. The zero-order valence-corrected chi connectivity index (χ0v) is 24.0. The highest BCUT2D eigenvalue weighted by Crippen LogP contribution is 2.48. The largest absolute Gasteiger partial charge is 0.488 e. The first kappa shape index (κ1) is 31.8. The molecule has 1 heterocycles. The lowest BCUT2D eigenvalue weighted by molar-refractivity contribution is -0.140. The van der Waals surface area contributed by atoms with Gasteiger partial charge in [0.05, 0.1) is 12.1 Å². The first-order valence-corrected chi connectivity index (χ1v) is 14.8. The van der Waals surface area contributed by atoms with Crippen LogP contribution in [0, 0.1) is 17.2 Å². The fourth-order valence-corrected chi connectivity index (χ4v) is 6.53. The second-order valence-electron chi connectivity index (χ2n) is 10.4. The van der Waals surface area contributed by atoms with Gasteiger partial charge in [-0.3, -0.25) is 0 Å². The van der Waals surface area contributed by atoms with E-state index in [0.717, 1.165) is 6.20 Å². The van der Waals surface area contributed by atoms with Gasteiger partial charge in [0.2, 0.25) is 10.0 Å². The van der Waals surface area contributed by atoms with E-state index in [2.05, 4.69) is 5.32 Å². The van der Waals surface area contributed by atoms with Gasteiger partial charge in [-0.25, -0.2) is 19.1 Å². The minimum absolute atomic E-state index is 0.00866. The average Bonchev–Trinajstić information content (AvgIpc) is 3.73. The van der Waals surface area contributed by atoms with Gasteiger partial charge in [0.15, 0.2) is 0 Å². The van der Waals surface area contributed by atoms with Gasteiger partial charge in [0, 0.05) is 47.9 Å². The number of hydrogen-bond acceptors (Lipinski definition) is 9. The summed E-state index contributed by atoms with van der Waals surface area (Å²) in [6, 6.07) is 13.2. The van der Waals surface area contributed by atoms with Crippen LogP contribution < -0.4 is 21.6 Å². The van der Waals surface area contributed by atoms with Crippen molar-refractivity contribution in [2.24, 2.45) is 23.4 Å². The van der Waals surface area contributed by atoms with Gasteiger partial charge in [0.25, 0.3) is 0 Å². The number of hydrazine groups is 1. The lowest BCUT2D eigenvalue weighted by Crippen LogP contribution is -2.36. The van der Waals surface area contributed by atoms with Gasteiger partial charge in [-0.1, -0.05) is 31.2 Å².